The third-order valence-corrected chi connectivity index (χ3v) is 4.98. The van der Waals surface area contributed by atoms with Gasteiger partial charge in [-0.1, -0.05) is 54.8 Å². The van der Waals surface area contributed by atoms with Crippen molar-refractivity contribution >= 4 is 46.5 Å². The molecule has 0 aliphatic carbocycles. The van der Waals surface area contributed by atoms with Crippen molar-refractivity contribution in [1.29, 1.82) is 0 Å². The van der Waals surface area contributed by atoms with E-state index in [9.17, 15) is 0 Å². The van der Waals surface area contributed by atoms with Crippen molar-refractivity contribution in [2.45, 2.75) is 26.3 Å². The van der Waals surface area contributed by atoms with Crippen LogP contribution in [0.15, 0.2) is 42.6 Å². The first-order valence-corrected chi connectivity index (χ1v) is 8.94. The third kappa shape index (κ3) is 3.41. The lowest BCUT2D eigenvalue weighted by atomic mass is 10.1. The van der Waals surface area contributed by atoms with E-state index in [1.54, 1.807) is 6.20 Å². The van der Waals surface area contributed by atoms with Gasteiger partial charge in [-0.3, -0.25) is 0 Å². The fourth-order valence-electron chi connectivity index (χ4n) is 2.65. The number of aryl methyl sites for hydroxylation is 1. The number of pyridine rings is 2. The monoisotopic (exact) mass is 377 g/mol. The van der Waals surface area contributed by atoms with E-state index in [1.807, 2.05) is 35.0 Å². The van der Waals surface area contributed by atoms with Crippen LogP contribution in [0, 0.1) is 4.64 Å². The minimum absolute atomic E-state index is 0.466. The van der Waals surface area contributed by atoms with Gasteiger partial charge in [-0.2, -0.15) is 0 Å². The van der Waals surface area contributed by atoms with Crippen LogP contribution in [0.4, 0.5) is 0 Å². The van der Waals surface area contributed by atoms with Gasteiger partial charge in [0.25, 0.3) is 0 Å². The van der Waals surface area contributed by atoms with E-state index in [0.717, 1.165) is 39.6 Å². The lowest BCUT2D eigenvalue weighted by Crippen LogP contribution is -2.19. The molecule has 1 N–H and O–H groups in total. The molecule has 124 valence electrons. The molecule has 0 aliphatic heterocycles. The number of aromatic nitrogens is 2. The summed E-state index contributed by atoms with van der Waals surface area (Å²) in [5, 5.41) is 2.30. The smallest absolute Gasteiger partial charge is 0.159 e. The highest BCUT2D eigenvalue weighted by molar-refractivity contribution is 7.71. The van der Waals surface area contributed by atoms with Crippen molar-refractivity contribution in [2.24, 2.45) is 0 Å². The number of hydrogen-bond acceptors (Lipinski definition) is 3. The number of nitrogens with one attached hydrogen (secondary N) is 1. The van der Waals surface area contributed by atoms with Crippen molar-refractivity contribution in [1.82, 2.24) is 9.66 Å². The molecule has 3 aromatic rings. The van der Waals surface area contributed by atoms with Crippen molar-refractivity contribution in [3.8, 4) is 0 Å². The summed E-state index contributed by atoms with van der Waals surface area (Å²) in [6, 6.07) is 11.6. The third-order valence-electron chi connectivity index (χ3n) is 3.83. The molecule has 0 spiro atoms. The van der Waals surface area contributed by atoms with Gasteiger partial charge in [0.15, 0.2) is 5.65 Å². The Balaban J connectivity index is 2.05. The number of halogens is 2. The van der Waals surface area contributed by atoms with E-state index in [-0.39, 0.29) is 0 Å². The summed E-state index contributed by atoms with van der Waals surface area (Å²) >= 11 is 18.2. The van der Waals surface area contributed by atoms with Crippen LogP contribution < -0.4 is 5.43 Å². The molecule has 0 fully saturated rings. The Bertz CT molecular complexity index is 917. The Morgan fingerprint density at radius 2 is 1.92 bits per heavy atom. The molecule has 6 heteroatoms. The van der Waals surface area contributed by atoms with Crippen LogP contribution in [-0.4, -0.2) is 9.66 Å². The molecule has 0 atom stereocenters. The highest BCUT2D eigenvalue weighted by Gasteiger charge is 2.09. The van der Waals surface area contributed by atoms with Crippen molar-refractivity contribution in [2.75, 3.05) is 5.43 Å². The number of nitrogens with zero attached hydrogens (tertiary/aromatic N) is 2. The maximum Gasteiger partial charge on any atom is 0.159 e. The van der Waals surface area contributed by atoms with Gasteiger partial charge >= 0.3 is 0 Å². The molecular weight excluding hydrogens is 361 g/mol. The van der Waals surface area contributed by atoms with Crippen LogP contribution in [0.25, 0.3) is 11.0 Å². The van der Waals surface area contributed by atoms with E-state index in [4.69, 9.17) is 35.4 Å². The summed E-state index contributed by atoms with van der Waals surface area (Å²) in [5.74, 6) is 0. The van der Waals surface area contributed by atoms with E-state index in [2.05, 4.69) is 23.4 Å². The van der Waals surface area contributed by atoms with Crippen LogP contribution in [0.1, 0.15) is 24.5 Å². The molecule has 0 bridgehead atoms. The lowest BCUT2D eigenvalue weighted by molar-refractivity contribution is 0.815. The molecule has 2 aromatic heterocycles. The van der Waals surface area contributed by atoms with Crippen LogP contribution in [0.5, 0.6) is 0 Å². The Hall–Kier alpha value is -1.62. The standard InChI is InChI=1S/C18H17Cl2N3S/c1-2-5-13-10-12-6-4-9-21-17(12)23(18(13)24)22-11-14-15(19)7-3-8-16(14)20/h3-4,6-10,22H,2,5,11H2,1H3. The SMILES string of the molecule is CCCc1cc2cccnc2n(NCc2c(Cl)cccc2Cl)c1=S. The number of benzene rings is 1. The zero-order valence-corrected chi connectivity index (χ0v) is 15.5. The first-order chi connectivity index (χ1) is 11.6. The molecule has 2 heterocycles. The van der Waals surface area contributed by atoms with Gasteiger partial charge in [0.1, 0.15) is 4.64 Å². The average molecular weight is 378 g/mol. The maximum atomic E-state index is 6.26. The van der Waals surface area contributed by atoms with Gasteiger partial charge in [0.05, 0.1) is 6.54 Å². The topological polar surface area (TPSA) is 29.9 Å². The minimum Gasteiger partial charge on any atom is -0.319 e. The first-order valence-electron chi connectivity index (χ1n) is 7.78. The Morgan fingerprint density at radius 1 is 1.17 bits per heavy atom. The van der Waals surface area contributed by atoms with Gasteiger partial charge in [-0.15, -0.1) is 0 Å². The van der Waals surface area contributed by atoms with E-state index in [1.165, 1.54) is 0 Å². The fourth-order valence-corrected chi connectivity index (χ4v) is 3.50. The predicted molar refractivity (Wildman–Crippen MR) is 104 cm³/mol. The predicted octanol–water partition coefficient (Wildman–Crippen LogP) is 5.77. The van der Waals surface area contributed by atoms with Crippen LogP contribution in [0.2, 0.25) is 10.0 Å². The molecular formula is C18H17Cl2N3S. The highest BCUT2D eigenvalue weighted by Crippen LogP contribution is 2.24. The van der Waals surface area contributed by atoms with E-state index in [0.29, 0.717) is 16.6 Å². The average Bonchev–Trinajstić information content (AvgIpc) is 2.57. The number of rotatable bonds is 5. The zero-order valence-electron chi connectivity index (χ0n) is 13.2. The second kappa shape index (κ2) is 7.51. The van der Waals surface area contributed by atoms with Gasteiger partial charge in [0.2, 0.25) is 0 Å². The lowest BCUT2D eigenvalue weighted by Gasteiger charge is -2.16. The summed E-state index contributed by atoms with van der Waals surface area (Å²) in [4.78, 5) is 4.47. The van der Waals surface area contributed by atoms with Crippen molar-refractivity contribution in [3.63, 3.8) is 0 Å². The summed E-state index contributed by atoms with van der Waals surface area (Å²) in [6.45, 7) is 2.61. The van der Waals surface area contributed by atoms with Gasteiger partial charge < -0.3 is 5.43 Å². The van der Waals surface area contributed by atoms with Crippen molar-refractivity contribution in [3.05, 3.63) is 68.4 Å². The molecule has 3 rings (SSSR count). The molecule has 0 aliphatic rings. The van der Waals surface area contributed by atoms with Crippen LogP contribution >= 0.6 is 35.4 Å². The molecule has 1 aromatic carbocycles. The zero-order chi connectivity index (χ0) is 17.1. The molecule has 0 saturated heterocycles. The van der Waals surface area contributed by atoms with Gasteiger partial charge in [-0.25, -0.2) is 9.66 Å². The normalized spacial score (nSPS) is 11.0. The maximum absolute atomic E-state index is 6.26. The highest BCUT2D eigenvalue weighted by atomic mass is 35.5. The molecule has 0 amide bonds. The van der Waals surface area contributed by atoms with Crippen molar-refractivity contribution < 1.29 is 0 Å². The summed E-state index contributed by atoms with van der Waals surface area (Å²) in [6.07, 6.45) is 3.72. The summed E-state index contributed by atoms with van der Waals surface area (Å²) in [7, 11) is 0. The van der Waals surface area contributed by atoms with E-state index >= 15 is 0 Å². The van der Waals surface area contributed by atoms with Gasteiger partial charge in [-0.05, 0) is 42.3 Å². The number of fused-ring (bicyclic) bond motifs is 1. The quantitative estimate of drug-likeness (QED) is 0.572. The first kappa shape index (κ1) is 17.2. The summed E-state index contributed by atoms with van der Waals surface area (Å²) < 4.78 is 2.60. The van der Waals surface area contributed by atoms with Crippen LogP contribution in [-0.2, 0) is 13.0 Å². The Labute approximate surface area is 156 Å². The second-order valence-corrected chi connectivity index (χ2v) is 6.71. The van der Waals surface area contributed by atoms with Gasteiger partial charge in [0, 0.05) is 27.2 Å². The molecule has 0 radical (unpaired) electrons. The number of hydrogen-bond donors (Lipinski definition) is 1. The molecule has 24 heavy (non-hydrogen) atoms. The Morgan fingerprint density at radius 3 is 2.62 bits per heavy atom. The Kier molecular flexibility index (Phi) is 5.39. The van der Waals surface area contributed by atoms with Crippen LogP contribution in [0.3, 0.4) is 0 Å². The molecule has 3 nitrogen and oxygen atoms in total. The van der Waals surface area contributed by atoms with E-state index < -0.39 is 0 Å². The largest absolute Gasteiger partial charge is 0.319 e. The second-order valence-electron chi connectivity index (χ2n) is 5.51. The fraction of sp³-hybridized carbons (Fsp3) is 0.222. The summed E-state index contributed by atoms with van der Waals surface area (Å²) in [5.41, 5.74) is 6.10. The molecule has 0 saturated carbocycles. The molecule has 0 unspecified atom stereocenters. The minimum atomic E-state index is 0.466.